The molecule has 4 aromatic rings. The Bertz CT molecular complexity index is 1100. The fourth-order valence-corrected chi connectivity index (χ4v) is 3.79. The summed E-state index contributed by atoms with van der Waals surface area (Å²) < 4.78 is 7.53. The van der Waals surface area contributed by atoms with Crippen molar-refractivity contribution in [3.63, 3.8) is 0 Å². The Balaban J connectivity index is 1.34. The third kappa shape index (κ3) is 3.84. The second-order valence-corrected chi connectivity index (χ2v) is 7.30. The number of benzene rings is 1. The Kier molecular flexibility index (Phi) is 5.26. The molecule has 1 aromatic carbocycles. The minimum Gasteiger partial charge on any atom is -0.378 e. The van der Waals surface area contributed by atoms with Crippen molar-refractivity contribution in [2.75, 3.05) is 43.1 Å². The summed E-state index contributed by atoms with van der Waals surface area (Å²) in [6.45, 7) is 4.23. The van der Waals surface area contributed by atoms with Crippen molar-refractivity contribution < 1.29 is 4.74 Å². The first-order valence-corrected chi connectivity index (χ1v) is 10.3. The predicted molar refractivity (Wildman–Crippen MR) is 118 cm³/mol. The average Bonchev–Trinajstić information content (AvgIpc) is 3.26. The van der Waals surface area contributed by atoms with Crippen molar-refractivity contribution in [3.05, 3.63) is 72.9 Å². The van der Waals surface area contributed by atoms with E-state index in [4.69, 9.17) is 4.74 Å². The lowest BCUT2D eigenvalue weighted by molar-refractivity contribution is 0.122. The van der Waals surface area contributed by atoms with Gasteiger partial charge in [0.15, 0.2) is 11.5 Å². The zero-order valence-corrected chi connectivity index (χ0v) is 16.7. The standard InChI is InChI=1S/C23H24N6O/c1-2-18(16-24-8-1)7-9-25-22-23-27-17-21(29(23)11-10-26-22)19-3-5-20(6-4-19)28-12-14-30-15-13-28/h1-6,8,10-11,16-17H,7,9,12-15H2,(H,25,26). The van der Waals surface area contributed by atoms with Gasteiger partial charge < -0.3 is 15.0 Å². The number of nitrogens with one attached hydrogen (secondary N) is 1. The van der Waals surface area contributed by atoms with Crippen molar-refractivity contribution in [1.82, 2.24) is 19.4 Å². The van der Waals surface area contributed by atoms with Crippen LogP contribution in [0.1, 0.15) is 5.56 Å². The van der Waals surface area contributed by atoms with E-state index in [9.17, 15) is 0 Å². The number of nitrogens with zero attached hydrogens (tertiary/aromatic N) is 5. The lowest BCUT2D eigenvalue weighted by Gasteiger charge is -2.28. The lowest BCUT2D eigenvalue weighted by Crippen LogP contribution is -2.36. The molecule has 7 nitrogen and oxygen atoms in total. The molecule has 0 unspecified atom stereocenters. The Labute approximate surface area is 175 Å². The van der Waals surface area contributed by atoms with E-state index >= 15 is 0 Å². The molecule has 0 aliphatic carbocycles. The SMILES string of the molecule is c1cncc(CCNc2nccn3c(-c4ccc(N5CCOCC5)cc4)cnc23)c1. The number of fused-ring (bicyclic) bond motifs is 1. The quantitative estimate of drug-likeness (QED) is 0.536. The van der Waals surface area contributed by atoms with E-state index in [1.54, 1.807) is 6.20 Å². The Hall–Kier alpha value is -3.45. The van der Waals surface area contributed by atoms with Gasteiger partial charge in [0.25, 0.3) is 0 Å². The van der Waals surface area contributed by atoms with Crippen molar-refractivity contribution in [2.45, 2.75) is 6.42 Å². The molecular formula is C23H24N6O. The van der Waals surface area contributed by atoms with Gasteiger partial charge in [-0.1, -0.05) is 18.2 Å². The molecule has 0 amide bonds. The van der Waals surface area contributed by atoms with E-state index in [-0.39, 0.29) is 0 Å². The minimum atomic E-state index is 0.773. The zero-order chi connectivity index (χ0) is 20.2. The van der Waals surface area contributed by atoms with Crippen molar-refractivity contribution in [2.24, 2.45) is 0 Å². The van der Waals surface area contributed by atoms with Crippen LogP contribution in [0.3, 0.4) is 0 Å². The summed E-state index contributed by atoms with van der Waals surface area (Å²) in [6, 6.07) is 12.7. The Morgan fingerprint density at radius 1 is 0.967 bits per heavy atom. The number of aromatic nitrogens is 4. The monoisotopic (exact) mass is 400 g/mol. The number of pyridine rings is 1. The molecule has 0 radical (unpaired) electrons. The van der Waals surface area contributed by atoms with Crippen LogP contribution in [0.2, 0.25) is 0 Å². The molecule has 30 heavy (non-hydrogen) atoms. The van der Waals surface area contributed by atoms with Gasteiger partial charge in [0, 0.05) is 55.7 Å². The zero-order valence-electron chi connectivity index (χ0n) is 16.7. The van der Waals surface area contributed by atoms with Crippen LogP contribution >= 0.6 is 0 Å². The van der Waals surface area contributed by atoms with Gasteiger partial charge in [-0.2, -0.15) is 0 Å². The number of ether oxygens (including phenoxy) is 1. The van der Waals surface area contributed by atoms with Crippen molar-refractivity contribution >= 4 is 17.2 Å². The fraction of sp³-hybridized carbons (Fsp3) is 0.261. The highest BCUT2D eigenvalue weighted by Gasteiger charge is 2.13. The molecule has 7 heteroatoms. The molecule has 0 spiro atoms. The maximum atomic E-state index is 5.45. The molecule has 5 rings (SSSR count). The summed E-state index contributed by atoms with van der Waals surface area (Å²) >= 11 is 0. The lowest BCUT2D eigenvalue weighted by atomic mass is 10.1. The van der Waals surface area contributed by atoms with E-state index in [1.165, 1.54) is 11.3 Å². The van der Waals surface area contributed by atoms with E-state index < -0.39 is 0 Å². The van der Waals surface area contributed by atoms with Crippen LogP contribution in [0.5, 0.6) is 0 Å². The second-order valence-electron chi connectivity index (χ2n) is 7.30. The van der Waals surface area contributed by atoms with E-state index in [2.05, 4.69) is 59.9 Å². The summed E-state index contributed by atoms with van der Waals surface area (Å²) in [6.07, 6.45) is 10.2. The van der Waals surface area contributed by atoms with Crippen LogP contribution in [0.25, 0.3) is 16.9 Å². The van der Waals surface area contributed by atoms with Crippen LogP contribution in [-0.2, 0) is 11.2 Å². The maximum Gasteiger partial charge on any atom is 0.180 e. The molecule has 1 N–H and O–H groups in total. The summed E-state index contributed by atoms with van der Waals surface area (Å²) in [4.78, 5) is 15.6. The van der Waals surface area contributed by atoms with E-state index in [1.807, 2.05) is 30.9 Å². The van der Waals surface area contributed by atoms with Gasteiger partial charge in [-0.25, -0.2) is 9.97 Å². The Morgan fingerprint density at radius 3 is 2.63 bits per heavy atom. The van der Waals surface area contributed by atoms with Crippen LogP contribution in [-0.4, -0.2) is 52.2 Å². The minimum absolute atomic E-state index is 0.773. The van der Waals surface area contributed by atoms with Crippen LogP contribution < -0.4 is 10.2 Å². The second kappa shape index (κ2) is 8.51. The highest BCUT2D eigenvalue weighted by atomic mass is 16.5. The molecule has 3 aromatic heterocycles. The normalized spacial score (nSPS) is 14.2. The summed E-state index contributed by atoms with van der Waals surface area (Å²) in [7, 11) is 0. The van der Waals surface area contributed by atoms with E-state index in [0.717, 1.165) is 62.0 Å². The third-order valence-corrected chi connectivity index (χ3v) is 5.40. The predicted octanol–water partition coefficient (Wildman–Crippen LogP) is 3.28. The number of anilines is 2. The third-order valence-electron chi connectivity index (χ3n) is 5.40. The van der Waals surface area contributed by atoms with E-state index in [0.29, 0.717) is 0 Å². The maximum absolute atomic E-state index is 5.45. The molecule has 4 heterocycles. The fourth-order valence-electron chi connectivity index (χ4n) is 3.79. The molecule has 1 aliphatic rings. The van der Waals surface area contributed by atoms with Gasteiger partial charge in [0.05, 0.1) is 25.1 Å². The number of rotatable bonds is 6. The van der Waals surface area contributed by atoms with Crippen molar-refractivity contribution in [3.8, 4) is 11.3 Å². The number of hydrogen-bond acceptors (Lipinski definition) is 6. The summed E-state index contributed by atoms with van der Waals surface area (Å²) in [5.41, 5.74) is 5.44. The number of imidazole rings is 1. The van der Waals surface area contributed by atoms with Gasteiger partial charge in [-0.15, -0.1) is 0 Å². The smallest absolute Gasteiger partial charge is 0.180 e. The molecular weight excluding hydrogens is 376 g/mol. The van der Waals surface area contributed by atoms with Crippen LogP contribution in [0.4, 0.5) is 11.5 Å². The molecule has 152 valence electrons. The molecule has 0 bridgehead atoms. The molecule has 1 fully saturated rings. The largest absolute Gasteiger partial charge is 0.378 e. The molecule has 1 aliphatic heterocycles. The molecule has 0 saturated carbocycles. The van der Waals surface area contributed by atoms with Gasteiger partial charge in [-0.3, -0.25) is 9.38 Å². The first-order chi connectivity index (χ1) is 14.9. The molecule has 1 saturated heterocycles. The first kappa shape index (κ1) is 18.6. The van der Waals surface area contributed by atoms with Crippen LogP contribution in [0.15, 0.2) is 67.4 Å². The van der Waals surface area contributed by atoms with Gasteiger partial charge in [0.2, 0.25) is 0 Å². The van der Waals surface area contributed by atoms with Crippen molar-refractivity contribution in [1.29, 1.82) is 0 Å². The number of morpholine rings is 1. The highest BCUT2D eigenvalue weighted by molar-refractivity contribution is 5.71. The summed E-state index contributed by atoms with van der Waals surface area (Å²) in [5, 5.41) is 3.41. The van der Waals surface area contributed by atoms with Crippen LogP contribution in [0, 0.1) is 0 Å². The van der Waals surface area contributed by atoms with Gasteiger partial charge >= 0.3 is 0 Å². The number of hydrogen-bond donors (Lipinski definition) is 1. The molecule has 0 atom stereocenters. The highest BCUT2D eigenvalue weighted by Crippen LogP contribution is 2.26. The summed E-state index contributed by atoms with van der Waals surface area (Å²) in [5.74, 6) is 0.789. The Morgan fingerprint density at radius 2 is 1.83 bits per heavy atom. The topological polar surface area (TPSA) is 67.6 Å². The van der Waals surface area contributed by atoms with Gasteiger partial charge in [-0.05, 0) is 30.2 Å². The average molecular weight is 400 g/mol. The first-order valence-electron chi connectivity index (χ1n) is 10.3. The van der Waals surface area contributed by atoms with Gasteiger partial charge in [0.1, 0.15) is 0 Å².